The third kappa shape index (κ3) is 3.90. The molecule has 2 aliphatic rings. The van der Waals surface area contributed by atoms with E-state index in [0.29, 0.717) is 44.4 Å². The third-order valence-corrected chi connectivity index (χ3v) is 4.93. The van der Waals surface area contributed by atoms with E-state index >= 15 is 0 Å². The van der Waals surface area contributed by atoms with Crippen LogP contribution >= 0.6 is 0 Å². The van der Waals surface area contributed by atoms with Crippen LogP contribution in [0.15, 0.2) is 12.3 Å². The van der Waals surface area contributed by atoms with Crippen molar-refractivity contribution in [3.8, 4) is 0 Å². The van der Waals surface area contributed by atoms with Gasteiger partial charge in [0.15, 0.2) is 0 Å². The second-order valence-corrected chi connectivity index (χ2v) is 6.68. The molecule has 1 aliphatic heterocycles. The molecular weight excluding hydrogens is 296 g/mol. The van der Waals surface area contributed by atoms with Crippen molar-refractivity contribution in [2.24, 2.45) is 11.8 Å². The highest BCUT2D eigenvalue weighted by Crippen LogP contribution is 2.40. The van der Waals surface area contributed by atoms with Crippen molar-refractivity contribution in [2.75, 3.05) is 25.0 Å². The van der Waals surface area contributed by atoms with Gasteiger partial charge in [-0.25, -0.2) is 4.68 Å². The lowest BCUT2D eigenvalue weighted by molar-refractivity contribution is -0.143. The van der Waals surface area contributed by atoms with Gasteiger partial charge in [-0.05, 0) is 51.6 Å². The van der Waals surface area contributed by atoms with Gasteiger partial charge in [0.1, 0.15) is 5.82 Å². The van der Waals surface area contributed by atoms with Crippen molar-refractivity contribution in [3.05, 3.63) is 12.3 Å². The molecule has 1 atom stereocenters. The monoisotopic (exact) mass is 320 g/mol. The van der Waals surface area contributed by atoms with Crippen LogP contribution in [0.25, 0.3) is 0 Å². The number of nitrogens with one attached hydrogen (secondary N) is 1. The highest BCUT2D eigenvalue weighted by Gasteiger charge is 2.31. The Morgan fingerprint density at radius 1 is 1.35 bits per heavy atom. The zero-order chi connectivity index (χ0) is 16.4. The van der Waals surface area contributed by atoms with Crippen molar-refractivity contribution < 1.29 is 14.7 Å². The maximum Gasteiger partial charge on any atom is 0.306 e. The van der Waals surface area contributed by atoms with Crippen molar-refractivity contribution in [2.45, 2.75) is 38.6 Å². The Balaban J connectivity index is 1.50. The summed E-state index contributed by atoms with van der Waals surface area (Å²) in [4.78, 5) is 25.2. The topological polar surface area (TPSA) is 87.5 Å². The average molecular weight is 320 g/mol. The molecule has 0 spiro atoms. The third-order valence-electron chi connectivity index (χ3n) is 4.93. The predicted molar refractivity (Wildman–Crippen MR) is 85.1 cm³/mol. The lowest BCUT2D eigenvalue weighted by atomic mass is 9.97. The molecule has 126 valence electrons. The number of piperidine rings is 1. The Hall–Kier alpha value is -1.89. The number of carboxylic acids is 1. The first-order valence-electron chi connectivity index (χ1n) is 8.33. The number of nitrogens with zero attached hydrogens (tertiary/aromatic N) is 3. The number of hydrogen-bond donors (Lipinski definition) is 2. The number of hydrogen-bond acceptors (Lipinski definition) is 4. The Morgan fingerprint density at radius 3 is 2.65 bits per heavy atom. The highest BCUT2D eigenvalue weighted by molar-refractivity contribution is 5.91. The predicted octanol–water partition coefficient (Wildman–Crippen LogP) is 1.59. The van der Waals surface area contributed by atoms with Gasteiger partial charge in [-0.15, -0.1) is 0 Å². The summed E-state index contributed by atoms with van der Waals surface area (Å²) in [7, 11) is 0. The van der Waals surface area contributed by atoms with Crippen LogP contribution in [0.1, 0.15) is 38.6 Å². The average Bonchev–Trinajstić information content (AvgIpc) is 3.27. The lowest BCUT2D eigenvalue weighted by Gasteiger charge is -2.29. The molecule has 0 bridgehead atoms. The Kier molecular flexibility index (Phi) is 4.66. The van der Waals surface area contributed by atoms with Crippen LogP contribution in [-0.2, 0) is 9.59 Å². The summed E-state index contributed by atoms with van der Waals surface area (Å²) >= 11 is 0. The number of aliphatic carboxylic acids is 1. The van der Waals surface area contributed by atoms with Crippen molar-refractivity contribution in [1.82, 2.24) is 14.7 Å². The van der Waals surface area contributed by atoms with Gasteiger partial charge in [-0.3, -0.25) is 14.5 Å². The van der Waals surface area contributed by atoms with Gasteiger partial charge < -0.3 is 10.4 Å². The fraction of sp³-hybridized carbons (Fsp3) is 0.688. The quantitative estimate of drug-likeness (QED) is 0.831. The molecule has 3 rings (SSSR count). The zero-order valence-electron chi connectivity index (χ0n) is 13.4. The smallest absolute Gasteiger partial charge is 0.306 e. The molecule has 1 saturated carbocycles. The number of carbonyl (C=O) groups is 2. The minimum absolute atomic E-state index is 0.0662. The molecular formula is C16H24N4O3. The van der Waals surface area contributed by atoms with Crippen molar-refractivity contribution >= 4 is 17.7 Å². The van der Waals surface area contributed by atoms with Crippen LogP contribution in [-0.4, -0.2) is 51.3 Å². The summed E-state index contributed by atoms with van der Waals surface area (Å²) in [5, 5.41) is 16.3. The zero-order valence-corrected chi connectivity index (χ0v) is 13.4. The molecule has 2 fully saturated rings. The van der Waals surface area contributed by atoms with E-state index in [1.165, 1.54) is 12.8 Å². The molecule has 7 heteroatoms. The highest BCUT2D eigenvalue weighted by atomic mass is 16.4. The van der Waals surface area contributed by atoms with Crippen LogP contribution in [0.3, 0.4) is 0 Å². The Bertz CT molecular complexity index is 574. The van der Waals surface area contributed by atoms with Crippen LogP contribution in [0.2, 0.25) is 0 Å². The van der Waals surface area contributed by atoms with E-state index in [1.54, 1.807) is 6.20 Å². The van der Waals surface area contributed by atoms with Gasteiger partial charge >= 0.3 is 5.97 Å². The molecule has 0 aromatic carbocycles. The standard InChI is InChI=1S/C16H24N4O3/c1-11(12-2-3-12)20-14(4-7-17-20)18-15(21)10-19-8-5-13(6-9-19)16(22)23/h4,7,11-13H,2-3,5-6,8-10H2,1H3,(H,18,21)(H,22,23). The summed E-state index contributed by atoms with van der Waals surface area (Å²) in [6.45, 7) is 3.75. The number of rotatable bonds is 6. The van der Waals surface area contributed by atoms with E-state index in [-0.39, 0.29) is 11.8 Å². The fourth-order valence-electron chi connectivity index (χ4n) is 3.24. The summed E-state index contributed by atoms with van der Waals surface area (Å²) in [5.41, 5.74) is 0. The second-order valence-electron chi connectivity index (χ2n) is 6.68. The van der Waals surface area contributed by atoms with Gasteiger partial charge in [0.2, 0.25) is 5.91 Å². The summed E-state index contributed by atoms with van der Waals surface area (Å²) in [6.07, 6.45) is 5.39. The summed E-state index contributed by atoms with van der Waals surface area (Å²) in [6, 6.07) is 2.14. The van der Waals surface area contributed by atoms with E-state index in [2.05, 4.69) is 17.3 Å². The van der Waals surface area contributed by atoms with E-state index in [9.17, 15) is 9.59 Å². The second kappa shape index (κ2) is 6.70. The van der Waals surface area contributed by atoms with Crippen LogP contribution in [0.4, 0.5) is 5.82 Å². The maximum absolute atomic E-state index is 12.2. The van der Waals surface area contributed by atoms with Gasteiger partial charge in [0, 0.05) is 6.07 Å². The van der Waals surface area contributed by atoms with E-state index < -0.39 is 5.97 Å². The van der Waals surface area contributed by atoms with Crippen molar-refractivity contribution in [3.63, 3.8) is 0 Å². The van der Waals surface area contributed by atoms with E-state index in [1.807, 2.05) is 15.6 Å². The summed E-state index contributed by atoms with van der Waals surface area (Å²) in [5.74, 6) is 0.348. The number of carboxylic acid groups (broad SMARTS) is 1. The molecule has 1 amide bonds. The summed E-state index contributed by atoms with van der Waals surface area (Å²) < 4.78 is 1.90. The Labute approximate surface area is 135 Å². The first-order chi connectivity index (χ1) is 11.0. The fourth-order valence-corrected chi connectivity index (χ4v) is 3.24. The van der Waals surface area contributed by atoms with Gasteiger partial charge in [0.25, 0.3) is 0 Å². The molecule has 1 aromatic heterocycles. The molecule has 1 unspecified atom stereocenters. The van der Waals surface area contributed by atoms with E-state index in [4.69, 9.17) is 5.11 Å². The van der Waals surface area contributed by atoms with Crippen LogP contribution in [0.5, 0.6) is 0 Å². The minimum Gasteiger partial charge on any atom is -0.481 e. The molecule has 2 N–H and O–H groups in total. The maximum atomic E-state index is 12.2. The molecule has 0 radical (unpaired) electrons. The molecule has 1 aromatic rings. The number of amides is 1. The number of carbonyl (C=O) groups excluding carboxylic acids is 1. The van der Waals surface area contributed by atoms with E-state index in [0.717, 1.165) is 5.82 Å². The molecule has 1 saturated heterocycles. The van der Waals surface area contributed by atoms with Gasteiger partial charge in [-0.2, -0.15) is 5.10 Å². The number of aromatic nitrogens is 2. The SMILES string of the molecule is CC(C1CC1)n1nccc1NC(=O)CN1CCC(C(=O)O)CC1. The molecule has 1 aliphatic carbocycles. The Morgan fingerprint density at radius 2 is 2.04 bits per heavy atom. The normalized spacial score (nSPS) is 21.1. The molecule has 7 nitrogen and oxygen atoms in total. The number of anilines is 1. The minimum atomic E-state index is -0.730. The van der Waals surface area contributed by atoms with Crippen LogP contribution in [0, 0.1) is 11.8 Å². The van der Waals surface area contributed by atoms with Crippen LogP contribution < -0.4 is 5.32 Å². The molecule has 2 heterocycles. The van der Waals surface area contributed by atoms with Gasteiger partial charge in [0.05, 0.1) is 24.7 Å². The van der Waals surface area contributed by atoms with Crippen molar-refractivity contribution in [1.29, 1.82) is 0 Å². The first kappa shape index (κ1) is 16.0. The largest absolute Gasteiger partial charge is 0.481 e. The molecule has 23 heavy (non-hydrogen) atoms. The number of likely N-dealkylation sites (tertiary alicyclic amines) is 1. The van der Waals surface area contributed by atoms with Gasteiger partial charge in [-0.1, -0.05) is 0 Å². The lowest BCUT2D eigenvalue weighted by Crippen LogP contribution is -2.41. The first-order valence-corrected chi connectivity index (χ1v) is 8.33.